The molecule has 2 rings (SSSR count). The van der Waals surface area contributed by atoms with Gasteiger partial charge in [0.1, 0.15) is 11.6 Å². The molecule has 0 aromatic heterocycles. The molecule has 0 bridgehead atoms. The molecule has 0 aliphatic heterocycles. The number of hydrogen-bond donors (Lipinski definition) is 1. The van der Waals surface area contributed by atoms with Crippen molar-refractivity contribution in [3.05, 3.63) is 63.9 Å². The molecular weight excluding hydrogens is 351 g/mol. The van der Waals surface area contributed by atoms with Crippen LogP contribution >= 0.6 is 15.9 Å². The van der Waals surface area contributed by atoms with Crippen LogP contribution in [0.2, 0.25) is 0 Å². The third-order valence-corrected chi connectivity index (χ3v) is 3.36. The summed E-state index contributed by atoms with van der Waals surface area (Å²) in [6.07, 6.45) is 1.44. The Balaban J connectivity index is 1.96. The van der Waals surface area contributed by atoms with Crippen LogP contribution in [-0.4, -0.2) is 18.7 Å². The van der Waals surface area contributed by atoms with Gasteiger partial charge in [-0.25, -0.2) is 9.82 Å². The third kappa shape index (κ3) is 4.39. The molecule has 0 radical (unpaired) electrons. The molecule has 0 fully saturated rings. The van der Waals surface area contributed by atoms with Gasteiger partial charge < -0.3 is 4.74 Å². The maximum Gasteiger partial charge on any atom is 0.271 e. The molecule has 6 heteroatoms. The van der Waals surface area contributed by atoms with Gasteiger partial charge in [0.25, 0.3) is 5.91 Å². The van der Waals surface area contributed by atoms with Gasteiger partial charge in [-0.3, -0.25) is 4.79 Å². The molecule has 0 aliphatic carbocycles. The van der Waals surface area contributed by atoms with Crippen molar-refractivity contribution in [2.75, 3.05) is 6.61 Å². The summed E-state index contributed by atoms with van der Waals surface area (Å²) in [5, 5.41) is 3.85. The molecule has 1 N–H and O–H groups in total. The number of halogens is 2. The van der Waals surface area contributed by atoms with Gasteiger partial charge in [0, 0.05) is 5.56 Å². The molecule has 0 heterocycles. The zero-order chi connectivity index (χ0) is 15.9. The number of hydrazone groups is 1. The minimum Gasteiger partial charge on any atom is -0.494 e. The lowest BCUT2D eigenvalue weighted by atomic mass is 10.2. The van der Waals surface area contributed by atoms with Crippen molar-refractivity contribution in [3.63, 3.8) is 0 Å². The third-order valence-electron chi connectivity index (χ3n) is 2.75. The topological polar surface area (TPSA) is 50.7 Å². The first-order chi connectivity index (χ1) is 10.6. The van der Waals surface area contributed by atoms with Crippen molar-refractivity contribution in [1.82, 2.24) is 5.43 Å². The first-order valence-electron chi connectivity index (χ1n) is 6.61. The van der Waals surface area contributed by atoms with E-state index in [4.69, 9.17) is 4.74 Å². The van der Waals surface area contributed by atoms with Crippen LogP contribution in [0.3, 0.4) is 0 Å². The van der Waals surface area contributed by atoms with E-state index in [2.05, 4.69) is 26.5 Å². The number of nitrogens with one attached hydrogen (secondary N) is 1. The molecule has 2 aromatic carbocycles. The predicted octanol–water partition coefficient (Wildman–Crippen LogP) is 3.75. The van der Waals surface area contributed by atoms with Crippen LogP contribution in [0.25, 0.3) is 0 Å². The van der Waals surface area contributed by atoms with E-state index in [-0.39, 0.29) is 11.7 Å². The summed E-state index contributed by atoms with van der Waals surface area (Å²) in [6.45, 7) is 2.46. The molecule has 0 spiro atoms. The Labute approximate surface area is 136 Å². The van der Waals surface area contributed by atoms with E-state index in [9.17, 15) is 9.18 Å². The van der Waals surface area contributed by atoms with Gasteiger partial charge in [0.15, 0.2) is 0 Å². The van der Waals surface area contributed by atoms with Gasteiger partial charge in [-0.2, -0.15) is 5.10 Å². The van der Waals surface area contributed by atoms with Crippen LogP contribution < -0.4 is 10.2 Å². The molecule has 0 atom stereocenters. The average Bonchev–Trinajstić information content (AvgIpc) is 2.52. The van der Waals surface area contributed by atoms with E-state index in [0.29, 0.717) is 28.0 Å². The number of hydrogen-bond acceptors (Lipinski definition) is 3. The van der Waals surface area contributed by atoms with Crippen LogP contribution in [-0.2, 0) is 0 Å². The summed E-state index contributed by atoms with van der Waals surface area (Å²) in [5.41, 5.74) is 3.55. The summed E-state index contributed by atoms with van der Waals surface area (Å²) < 4.78 is 18.7. The Kier molecular flexibility index (Phi) is 5.66. The van der Waals surface area contributed by atoms with Crippen LogP contribution in [0, 0.1) is 5.82 Å². The van der Waals surface area contributed by atoms with Gasteiger partial charge in [-0.1, -0.05) is 6.07 Å². The lowest BCUT2D eigenvalue weighted by molar-refractivity contribution is 0.0955. The van der Waals surface area contributed by atoms with Crippen molar-refractivity contribution < 1.29 is 13.9 Å². The molecule has 0 aliphatic rings. The van der Waals surface area contributed by atoms with Gasteiger partial charge in [-0.05, 0) is 64.8 Å². The highest BCUT2D eigenvalue weighted by molar-refractivity contribution is 9.10. The number of nitrogens with zero attached hydrogens (tertiary/aromatic N) is 1. The van der Waals surface area contributed by atoms with E-state index in [1.54, 1.807) is 36.4 Å². The molecule has 22 heavy (non-hydrogen) atoms. The number of ether oxygens (including phenoxy) is 1. The number of carbonyl (C=O) groups excluding carboxylic acids is 1. The van der Waals surface area contributed by atoms with E-state index in [1.807, 2.05) is 6.92 Å². The molecule has 0 saturated heterocycles. The van der Waals surface area contributed by atoms with Gasteiger partial charge >= 0.3 is 0 Å². The van der Waals surface area contributed by atoms with Crippen molar-refractivity contribution in [1.29, 1.82) is 0 Å². The summed E-state index contributed by atoms with van der Waals surface area (Å²) in [4.78, 5) is 11.9. The van der Waals surface area contributed by atoms with Crippen molar-refractivity contribution >= 4 is 28.1 Å². The molecule has 114 valence electrons. The molecule has 1 amide bonds. The largest absolute Gasteiger partial charge is 0.494 e. The van der Waals surface area contributed by atoms with E-state index in [0.717, 1.165) is 0 Å². The fourth-order valence-corrected chi connectivity index (χ4v) is 2.09. The fraction of sp³-hybridized carbons (Fsp3) is 0.125. The minimum absolute atomic E-state index is 0.333. The minimum atomic E-state index is -0.351. The number of amides is 1. The van der Waals surface area contributed by atoms with Crippen LogP contribution in [0.15, 0.2) is 52.0 Å². The lowest BCUT2D eigenvalue weighted by Crippen LogP contribution is -2.17. The first kappa shape index (κ1) is 16.2. The summed E-state index contributed by atoms with van der Waals surface area (Å²) in [5.74, 6) is 0.0229. The van der Waals surface area contributed by atoms with Crippen LogP contribution in [0.5, 0.6) is 5.75 Å². The van der Waals surface area contributed by atoms with Crippen molar-refractivity contribution in [2.24, 2.45) is 5.10 Å². The highest BCUT2D eigenvalue weighted by atomic mass is 79.9. The van der Waals surface area contributed by atoms with Crippen molar-refractivity contribution in [3.8, 4) is 5.75 Å². The maximum absolute atomic E-state index is 13.1. The number of benzene rings is 2. The van der Waals surface area contributed by atoms with E-state index < -0.39 is 0 Å². The Hall–Kier alpha value is -2.21. The monoisotopic (exact) mass is 364 g/mol. The molecule has 4 nitrogen and oxygen atoms in total. The quantitative estimate of drug-likeness (QED) is 0.648. The molecule has 0 unspecified atom stereocenters. The average molecular weight is 365 g/mol. The first-order valence-corrected chi connectivity index (χ1v) is 7.40. The molecule has 2 aromatic rings. The Morgan fingerprint density at radius 3 is 2.68 bits per heavy atom. The highest BCUT2D eigenvalue weighted by Crippen LogP contribution is 2.15. The zero-order valence-electron chi connectivity index (χ0n) is 11.8. The Morgan fingerprint density at radius 1 is 1.32 bits per heavy atom. The highest BCUT2D eigenvalue weighted by Gasteiger charge is 2.04. The summed E-state index contributed by atoms with van der Waals surface area (Å²) >= 11 is 3.09. The van der Waals surface area contributed by atoms with Gasteiger partial charge in [0.2, 0.25) is 0 Å². The predicted molar refractivity (Wildman–Crippen MR) is 86.8 cm³/mol. The Morgan fingerprint density at radius 2 is 2.05 bits per heavy atom. The second kappa shape index (κ2) is 7.70. The number of rotatable bonds is 5. The smallest absolute Gasteiger partial charge is 0.271 e. The molecular formula is C16H14BrFN2O2. The summed E-state index contributed by atoms with van der Waals surface area (Å²) in [7, 11) is 0. The standard InChI is InChI=1S/C16H14BrFN2O2/c1-2-22-13-6-4-12(5-7-13)16(21)20-19-10-11-3-8-15(18)14(17)9-11/h3-10H,2H2,1H3,(H,20,21)/b19-10+. The maximum atomic E-state index is 13.1. The lowest BCUT2D eigenvalue weighted by Gasteiger charge is -2.04. The Bertz CT molecular complexity index is 687. The normalized spacial score (nSPS) is 10.7. The van der Waals surface area contributed by atoms with Crippen LogP contribution in [0.4, 0.5) is 4.39 Å². The SMILES string of the molecule is CCOc1ccc(C(=O)N/N=C/c2ccc(F)c(Br)c2)cc1. The fourth-order valence-electron chi connectivity index (χ4n) is 1.69. The van der Waals surface area contributed by atoms with E-state index >= 15 is 0 Å². The van der Waals surface area contributed by atoms with Crippen LogP contribution in [0.1, 0.15) is 22.8 Å². The molecule has 0 saturated carbocycles. The second-order valence-corrected chi connectivity index (χ2v) is 5.18. The zero-order valence-corrected chi connectivity index (χ0v) is 13.4. The van der Waals surface area contributed by atoms with Gasteiger partial charge in [0.05, 0.1) is 17.3 Å². The second-order valence-electron chi connectivity index (χ2n) is 4.33. The van der Waals surface area contributed by atoms with Crippen molar-refractivity contribution in [2.45, 2.75) is 6.92 Å². The van der Waals surface area contributed by atoms with E-state index in [1.165, 1.54) is 12.3 Å². The van der Waals surface area contributed by atoms with Gasteiger partial charge in [-0.15, -0.1) is 0 Å². The summed E-state index contributed by atoms with van der Waals surface area (Å²) in [6, 6.07) is 11.2. The number of carbonyl (C=O) groups is 1.